The first-order valence-electron chi connectivity index (χ1n) is 4.73. The van der Waals surface area contributed by atoms with Crippen LogP contribution < -0.4 is 5.32 Å². The van der Waals surface area contributed by atoms with Crippen molar-refractivity contribution in [3.05, 3.63) is 0 Å². The van der Waals surface area contributed by atoms with Gasteiger partial charge in [0.25, 0.3) is 0 Å². The van der Waals surface area contributed by atoms with E-state index in [0.717, 1.165) is 6.54 Å². The normalized spacial score (nSPS) is 27.4. The van der Waals surface area contributed by atoms with E-state index in [1.54, 1.807) is 4.90 Å². The number of carboxylic acid groups (broad SMARTS) is 1. The maximum absolute atomic E-state index is 11.3. The maximum atomic E-state index is 11.3. The molecule has 5 heteroatoms. The van der Waals surface area contributed by atoms with Gasteiger partial charge in [0.05, 0.1) is 12.5 Å². The van der Waals surface area contributed by atoms with Crippen LogP contribution in [0.5, 0.6) is 0 Å². The van der Waals surface area contributed by atoms with E-state index < -0.39 is 5.97 Å². The van der Waals surface area contributed by atoms with Crippen molar-refractivity contribution in [3.8, 4) is 0 Å². The lowest BCUT2D eigenvalue weighted by Gasteiger charge is -2.40. The van der Waals surface area contributed by atoms with Crippen LogP contribution in [0.4, 0.5) is 0 Å². The molecule has 1 saturated heterocycles. The second-order valence-corrected chi connectivity index (χ2v) is 3.69. The Labute approximate surface area is 83.1 Å². The summed E-state index contributed by atoms with van der Waals surface area (Å²) in [6.45, 7) is 4.70. The van der Waals surface area contributed by atoms with E-state index in [4.69, 9.17) is 5.11 Å². The highest BCUT2D eigenvalue weighted by Gasteiger charge is 2.30. The van der Waals surface area contributed by atoms with Crippen molar-refractivity contribution in [2.45, 2.75) is 32.4 Å². The molecule has 1 aliphatic rings. The summed E-state index contributed by atoms with van der Waals surface area (Å²) in [4.78, 5) is 23.5. The van der Waals surface area contributed by atoms with Crippen molar-refractivity contribution in [1.82, 2.24) is 10.2 Å². The van der Waals surface area contributed by atoms with Crippen LogP contribution >= 0.6 is 0 Å². The predicted octanol–water partition coefficient (Wildman–Crippen LogP) is -0.330. The molecule has 1 rings (SSSR count). The van der Waals surface area contributed by atoms with E-state index in [1.807, 2.05) is 6.92 Å². The van der Waals surface area contributed by atoms with Crippen molar-refractivity contribution in [3.63, 3.8) is 0 Å². The Morgan fingerprint density at radius 1 is 1.50 bits per heavy atom. The summed E-state index contributed by atoms with van der Waals surface area (Å²) < 4.78 is 0. The predicted molar refractivity (Wildman–Crippen MR) is 50.9 cm³/mol. The van der Waals surface area contributed by atoms with Gasteiger partial charge in [-0.2, -0.15) is 0 Å². The zero-order valence-electron chi connectivity index (χ0n) is 8.49. The number of nitrogens with zero attached hydrogens (tertiary/aromatic N) is 1. The highest BCUT2D eigenvalue weighted by Crippen LogP contribution is 2.13. The number of nitrogens with one attached hydrogen (secondary N) is 1. The summed E-state index contributed by atoms with van der Waals surface area (Å²) in [5, 5.41) is 11.8. The van der Waals surface area contributed by atoms with E-state index in [1.165, 1.54) is 6.92 Å². The number of amides is 1. The molecule has 1 fully saturated rings. The van der Waals surface area contributed by atoms with Gasteiger partial charge in [-0.25, -0.2) is 0 Å². The number of carbonyl (C=O) groups is 2. The van der Waals surface area contributed by atoms with Gasteiger partial charge in [-0.3, -0.25) is 9.59 Å². The number of carbonyl (C=O) groups excluding carboxylic acids is 1. The minimum Gasteiger partial charge on any atom is -0.481 e. The summed E-state index contributed by atoms with van der Waals surface area (Å²) in [7, 11) is 0. The second-order valence-electron chi connectivity index (χ2n) is 3.69. The Hall–Kier alpha value is -1.10. The van der Waals surface area contributed by atoms with Gasteiger partial charge in [0.1, 0.15) is 0 Å². The summed E-state index contributed by atoms with van der Waals surface area (Å²) in [5.41, 5.74) is 0. The molecule has 1 heterocycles. The van der Waals surface area contributed by atoms with E-state index in [2.05, 4.69) is 5.32 Å². The van der Waals surface area contributed by atoms with Crippen molar-refractivity contribution < 1.29 is 14.7 Å². The fourth-order valence-electron chi connectivity index (χ4n) is 1.95. The largest absolute Gasteiger partial charge is 0.481 e. The Morgan fingerprint density at radius 3 is 2.64 bits per heavy atom. The smallest absolute Gasteiger partial charge is 0.305 e. The molecule has 5 nitrogen and oxygen atoms in total. The van der Waals surface area contributed by atoms with Gasteiger partial charge in [0.15, 0.2) is 0 Å². The molecule has 2 N–H and O–H groups in total. The lowest BCUT2D eigenvalue weighted by atomic mass is 10.1. The number of aliphatic carboxylic acids is 1. The molecule has 0 aliphatic carbocycles. The molecular formula is C9H16N2O3. The van der Waals surface area contributed by atoms with Gasteiger partial charge in [-0.1, -0.05) is 0 Å². The van der Waals surface area contributed by atoms with Crippen molar-refractivity contribution in [2.75, 3.05) is 13.1 Å². The van der Waals surface area contributed by atoms with Crippen LogP contribution in [0.25, 0.3) is 0 Å². The lowest BCUT2D eigenvalue weighted by Crippen LogP contribution is -2.58. The third kappa shape index (κ3) is 2.45. The average Bonchev–Trinajstić information content (AvgIpc) is 2.01. The second kappa shape index (κ2) is 4.41. The monoisotopic (exact) mass is 200 g/mol. The summed E-state index contributed by atoms with van der Waals surface area (Å²) >= 11 is 0. The van der Waals surface area contributed by atoms with Crippen LogP contribution in [0.1, 0.15) is 20.3 Å². The summed E-state index contributed by atoms with van der Waals surface area (Å²) in [6, 6.07) is -0.139. The van der Waals surface area contributed by atoms with Crippen LogP contribution in [0, 0.1) is 0 Å². The maximum Gasteiger partial charge on any atom is 0.305 e. The van der Waals surface area contributed by atoms with Crippen LogP contribution in [0.3, 0.4) is 0 Å². The standard InChI is InChI=1S/C9H16N2O3/c1-6-4-10-5-8(3-9(13)14)11(6)7(2)12/h6,8,10H,3-5H2,1-2H3,(H,13,14)/t6-,8+/m0/s1. The summed E-state index contributed by atoms with van der Waals surface area (Å²) in [5.74, 6) is -0.914. The molecule has 0 aromatic rings. The van der Waals surface area contributed by atoms with E-state index in [9.17, 15) is 9.59 Å². The van der Waals surface area contributed by atoms with Gasteiger partial charge in [-0.05, 0) is 6.92 Å². The zero-order valence-corrected chi connectivity index (χ0v) is 8.49. The molecule has 0 aromatic heterocycles. The van der Waals surface area contributed by atoms with E-state index >= 15 is 0 Å². The van der Waals surface area contributed by atoms with Crippen molar-refractivity contribution >= 4 is 11.9 Å². The average molecular weight is 200 g/mol. The minimum absolute atomic E-state index is 0.0108. The number of hydrogen-bond acceptors (Lipinski definition) is 3. The molecule has 2 atom stereocenters. The van der Waals surface area contributed by atoms with Crippen LogP contribution in [-0.2, 0) is 9.59 Å². The van der Waals surface area contributed by atoms with Crippen LogP contribution in [-0.4, -0.2) is 47.1 Å². The van der Waals surface area contributed by atoms with E-state index in [-0.39, 0.29) is 24.4 Å². The van der Waals surface area contributed by atoms with Gasteiger partial charge in [0.2, 0.25) is 5.91 Å². The molecule has 14 heavy (non-hydrogen) atoms. The summed E-state index contributed by atoms with van der Waals surface area (Å²) in [6.07, 6.45) is 0.0108. The molecule has 0 unspecified atom stereocenters. The Balaban J connectivity index is 2.69. The molecule has 0 saturated carbocycles. The number of carboxylic acids is 1. The van der Waals surface area contributed by atoms with E-state index in [0.29, 0.717) is 6.54 Å². The minimum atomic E-state index is -0.864. The van der Waals surface area contributed by atoms with Crippen LogP contribution in [0.2, 0.25) is 0 Å². The first-order valence-corrected chi connectivity index (χ1v) is 4.73. The highest BCUT2D eigenvalue weighted by atomic mass is 16.4. The van der Waals surface area contributed by atoms with Gasteiger partial charge < -0.3 is 15.3 Å². The third-order valence-corrected chi connectivity index (χ3v) is 2.46. The quantitative estimate of drug-likeness (QED) is 0.640. The lowest BCUT2D eigenvalue weighted by molar-refractivity contribution is -0.142. The van der Waals surface area contributed by atoms with Gasteiger partial charge >= 0.3 is 5.97 Å². The highest BCUT2D eigenvalue weighted by molar-refractivity contribution is 5.75. The van der Waals surface area contributed by atoms with Crippen LogP contribution in [0.15, 0.2) is 0 Å². The van der Waals surface area contributed by atoms with Gasteiger partial charge in [0, 0.05) is 26.1 Å². The first kappa shape index (κ1) is 11.0. The fourth-order valence-corrected chi connectivity index (χ4v) is 1.95. The molecule has 1 amide bonds. The number of piperazine rings is 1. The Morgan fingerprint density at radius 2 is 2.14 bits per heavy atom. The number of hydrogen-bond donors (Lipinski definition) is 2. The van der Waals surface area contributed by atoms with Crippen molar-refractivity contribution in [2.24, 2.45) is 0 Å². The van der Waals surface area contributed by atoms with Gasteiger partial charge in [-0.15, -0.1) is 0 Å². The number of rotatable bonds is 2. The first-order chi connectivity index (χ1) is 6.52. The molecule has 80 valence electrons. The topological polar surface area (TPSA) is 69.6 Å². The molecule has 0 radical (unpaired) electrons. The molecule has 0 aromatic carbocycles. The zero-order chi connectivity index (χ0) is 10.7. The fraction of sp³-hybridized carbons (Fsp3) is 0.778. The molecule has 0 spiro atoms. The Bertz CT molecular complexity index is 242. The third-order valence-electron chi connectivity index (χ3n) is 2.46. The molecule has 0 bridgehead atoms. The van der Waals surface area contributed by atoms with Crippen molar-refractivity contribution in [1.29, 1.82) is 0 Å². The SMILES string of the molecule is CC(=O)N1[C@H](CC(=O)O)CNC[C@@H]1C. The Kier molecular flexibility index (Phi) is 3.46. The molecule has 1 aliphatic heterocycles. The molecular weight excluding hydrogens is 184 g/mol.